The summed E-state index contributed by atoms with van der Waals surface area (Å²) in [6.07, 6.45) is -0.637. The molecule has 0 aliphatic carbocycles. The van der Waals surface area contributed by atoms with E-state index in [2.05, 4.69) is 25.6 Å². The molecule has 190 valence electrons. The van der Waals surface area contributed by atoms with Gasteiger partial charge in [0.25, 0.3) is 0 Å². The summed E-state index contributed by atoms with van der Waals surface area (Å²) in [5.74, 6) is -0.475. The number of carbonyl (C=O) groups is 2. The second-order valence-corrected chi connectivity index (χ2v) is 8.44. The van der Waals surface area contributed by atoms with Crippen LogP contribution in [0, 0.1) is 6.92 Å². The van der Waals surface area contributed by atoms with Crippen LogP contribution in [0.25, 0.3) is 11.4 Å². The number of alkyl halides is 3. The number of hydrogen-bond donors (Lipinski definition) is 1. The van der Waals surface area contributed by atoms with Gasteiger partial charge < -0.3 is 15.0 Å². The van der Waals surface area contributed by atoms with Crippen molar-refractivity contribution < 1.29 is 27.5 Å². The number of hydrogen-bond acceptors (Lipinski definition) is 8. The van der Waals surface area contributed by atoms with E-state index in [0.29, 0.717) is 30.8 Å². The molecule has 1 aliphatic heterocycles. The van der Waals surface area contributed by atoms with Gasteiger partial charge in [-0.3, -0.25) is 4.79 Å². The first-order valence-corrected chi connectivity index (χ1v) is 11.2. The topological polar surface area (TPSA) is 115 Å². The number of carbonyl (C=O) groups excluding carboxylic acids is 2. The highest BCUT2D eigenvalue weighted by molar-refractivity contribution is 5.87. The fraction of sp³-hybridized carbons (Fsp3) is 0.391. The Bertz CT molecular complexity index is 1280. The minimum absolute atomic E-state index is 0.0116. The number of rotatable bonds is 6. The molecular weight excluding hydrogens is 479 g/mol. The molecule has 1 fully saturated rings. The van der Waals surface area contributed by atoms with Gasteiger partial charge in [0.2, 0.25) is 5.91 Å². The van der Waals surface area contributed by atoms with Crippen molar-refractivity contribution in [2.24, 2.45) is 0 Å². The summed E-state index contributed by atoms with van der Waals surface area (Å²) in [7, 11) is 1.29. The van der Waals surface area contributed by atoms with Gasteiger partial charge in [0.1, 0.15) is 29.4 Å². The summed E-state index contributed by atoms with van der Waals surface area (Å²) in [5, 5.41) is 11.0. The van der Waals surface area contributed by atoms with E-state index >= 15 is 0 Å². The number of aryl methyl sites for hydroxylation is 1. The minimum atomic E-state index is -4.50. The number of methoxy groups -OCH3 is 1. The number of nitrogens with zero attached hydrogens (tertiary/aromatic N) is 6. The van der Waals surface area contributed by atoms with Crippen LogP contribution in [0.2, 0.25) is 0 Å². The van der Waals surface area contributed by atoms with Crippen molar-refractivity contribution in [3.05, 3.63) is 47.8 Å². The quantitative estimate of drug-likeness (QED) is 0.508. The molecule has 4 heterocycles. The Balaban J connectivity index is 1.54. The summed E-state index contributed by atoms with van der Waals surface area (Å²) in [6.45, 7) is 3.90. The van der Waals surface area contributed by atoms with E-state index in [1.165, 1.54) is 16.7 Å². The minimum Gasteiger partial charge on any atom is -0.467 e. The smallest absolute Gasteiger partial charge is 0.416 e. The molecule has 0 spiro atoms. The average Bonchev–Trinajstić information content (AvgIpc) is 3.52. The van der Waals surface area contributed by atoms with Crippen molar-refractivity contribution in [1.29, 1.82) is 0 Å². The molecule has 10 nitrogen and oxygen atoms in total. The molecule has 36 heavy (non-hydrogen) atoms. The summed E-state index contributed by atoms with van der Waals surface area (Å²) >= 11 is 0. The first kappa shape index (κ1) is 25.1. The molecule has 3 aromatic rings. The maximum atomic E-state index is 13.0. The lowest BCUT2D eigenvalue weighted by molar-refractivity contribution is -0.152. The number of amides is 1. The summed E-state index contributed by atoms with van der Waals surface area (Å²) in [6, 6.07) is 3.82. The summed E-state index contributed by atoms with van der Waals surface area (Å²) in [5.41, 5.74) is 0.710. The van der Waals surface area contributed by atoms with Crippen molar-refractivity contribution in [3.8, 4) is 11.4 Å². The van der Waals surface area contributed by atoms with Gasteiger partial charge in [-0.2, -0.15) is 13.2 Å². The number of pyridine rings is 2. The number of aromatic nitrogens is 5. The Kier molecular flexibility index (Phi) is 6.91. The average molecular weight is 503 g/mol. The molecule has 3 aromatic heterocycles. The molecule has 0 unspecified atom stereocenters. The highest BCUT2D eigenvalue weighted by Crippen LogP contribution is 2.31. The molecule has 1 saturated heterocycles. The Morgan fingerprint density at radius 2 is 1.97 bits per heavy atom. The fourth-order valence-electron chi connectivity index (χ4n) is 4.02. The highest BCUT2D eigenvalue weighted by Gasteiger charge is 2.37. The second-order valence-electron chi connectivity index (χ2n) is 8.44. The van der Waals surface area contributed by atoms with Gasteiger partial charge in [0.05, 0.1) is 24.6 Å². The van der Waals surface area contributed by atoms with Crippen LogP contribution in [0.5, 0.6) is 0 Å². The Morgan fingerprint density at radius 1 is 1.19 bits per heavy atom. The van der Waals surface area contributed by atoms with Crippen LogP contribution >= 0.6 is 0 Å². The molecule has 4 rings (SSSR count). The van der Waals surface area contributed by atoms with Crippen molar-refractivity contribution >= 4 is 23.5 Å². The van der Waals surface area contributed by atoms with Gasteiger partial charge in [-0.25, -0.2) is 19.4 Å². The molecule has 13 heteroatoms. The van der Waals surface area contributed by atoms with Crippen LogP contribution < -0.4 is 5.32 Å². The van der Waals surface area contributed by atoms with Crippen LogP contribution in [0.1, 0.15) is 36.9 Å². The zero-order chi connectivity index (χ0) is 26.0. The van der Waals surface area contributed by atoms with E-state index < -0.39 is 29.8 Å². The molecule has 1 amide bonds. The molecule has 1 aliphatic rings. The number of halogens is 3. The number of esters is 1. The third-order valence-corrected chi connectivity index (χ3v) is 5.85. The highest BCUT2D eigenvalue weighted by atomic mass is 19.4. The Labute approximate surface area is 204 Å². The molecule has 0 bridgehead atoms. The van der Waals surface area contributed by atoms with E-state index in [4.69, 9.17) is 4.74 Å². The lowest BCUT2D eigenvalue weighted by Gasteiger charge is -2.25. The van der Waals surface area contributed by atoms with Crippen LogP contribution in [-0.2, 0) is 20.5 Å². The first-order valence-electron chi connectivity index (χ1n) is 11.2. The van der Waals surface area contributed by atoms with E-state index in [-0.39, 0.29) is 17.5 Å². The Morgan fingerprint density at radius 3 is 2.69 bits per heavy atom. The van der Waals surface area contributed by atoms with E-state index in [9.17, 15) is 22.8 Å². The van der Waals surface area contributed by atoms with Crippen molar-refractivity contribution in [1.82, 2.24) is 29.9 Å². The van der Waals surface area contributed by atoms with Crippen LogP contribution in [0.3, 0.4) is 0 Å². The van der Waals surface area contributed by atoms with Crippen LogP contribution in [0.4, 0.5) is 24.8 Å². The second kappa shape index (κ2) is 9.91. The number of likely N-dealkylation sites (tertiary alicyclic amines) is 1. The van der Waals surface area contributed by atoms with Crippen LogP contribution in [-0.4, -0.2) is 61.4 Å². The van der Waals surface area contributed by atoms with Gasteiger partial charge in [0, 0.05) is 12.7 Å². The van der Waals surface area contributed by atoms with Gasteiger partial charge >= 0.3 is 12.1 Å². The van der Waals surface area contributed by atoms with Crippen molar-refractivity contribution in [2.45, 2.75) is 44.9 Å². The monoisotopic (exact) mass is 503 g/mol. The lowest BCUT2D eigenvalue weighted by atomic mass is 10.2. The molecular formula is C23H24F3N7O3. The largest absolute Gasteiger partial charge is 0.467 e. The standard InChI is InChI=1S/C23H24F3N7O3/c1-13-9-16(28-20(10-13)29-19-11-15(6-7-27-19)23(24,25)26)17-12-33(31-30-17)14(2)21(34)32-8-4-5-18(32)22(35)36-3/h6-7,9-12,14,18H,4-5,8H2,1-3H3,(H,27,28,29)/t14-,18+/m1/s1. The van der Waals surface area contributed by atoms with Gasteiger partial charge in [-0.15, -0.1) is 5.10 Å². The SMILES string of the molecule is COC(=O)[C@@H]1CCCN1C(=O)[C@@H](C)n1cc(-c2cc(C)cc(Nc3cc(C(F)(F)F)ccn3)n2)nn1. The zero-order valence-electron chi connectivity index (χ0n) is 19.8. The lowest BCUT2D eigenvalue weighted by Crippen LogP contribution is -2.44. The predicted octanol–water partition coefficient (Wildman–Crippen LogP) is 3.53. The molecule has 0 radical (unpaired) electrons. The summed E-state index contributed by atoms with van der Waals surface area (Å²) < 4.78 is 45.3. The van der Waals surface area contributed by atoms with Crippen LogP contribution in [0.15, 0.2) is 36.7 Å². The normalized spacial score (nSPS) is 16.6. The summed E-state index contributed by atoms with van der Waals surface area (Å²) in [4.78, 5) is 34.9. The maximum Gasteiger partial charge on any atom is 0.416 e. The maximum absolute atomic E-state index is 13.0. The van der Waals surface area contributed by atoms with Gasteiger partial charge in [-0.1, -0.05) is 5.21 Å². The first-order chi connectivity index (χ1) is 17.1. The van der Waals surface area contributed by atoms with Crippen molar-refractivity contribution in [3.63, 3.8) is 0 Å². The number of nitrogens with one attached hydrogen (secondary N) is 1. The molecule has 0 saturated carbocycles. The van der Waals surface area contributed by atoms with E-state index in [1.54, 1.807) is 32.2 Å². The number of ether oxygens (including phenoxy) is 1. The molecule has 0 aromatic carbocycles. The number of anilines is 2. The fourth-order valence-corrected chi connectivity index (χ4v) is 4.02. The third-order valence-electron chi connectivity index (χ3n) is 5.85. The van der Waals surface area contributed by atoms with E-state index in [0.717, 1.165) is 23.9 Å². The Hall–Kier alpha value is -4.03. The zero-order valence-corrected chi connectivity index (χ0v) is 19.8. The van der Waals surface area contributed by atoms with Gasteiger partial charge in [-0.05, 0) is 56.5 Å². The predicted molar refractivity (Wildman–Crippen MR) is 122 cm³/mol. The third kappa shape index (κ3) is 5.29. The molecule has 2 atom stereocenters. The van der Waals surface area contributed by atoms with E-state index in [1.807, 2.05) is 0 Å². The molecule has 1 N–H and O–H groups in total. The van der Waals surface area contributed by atoms with Crippen molar-refractivity contribution in [2.75, 3.05) is 19.0 Å². The van der Waals surface area contributed by atoms with Gasteiger partial charge in [0.15, 0.2) is 0 Å².